The van der Waals surface area contributed by atoms with Crippen LogP contribution in [0.1, 0.15) is 36.6 Å². The lowest BCUT2D eigenvalue weighted by atomic mass is 10.1. The molecule has 1 atom stereocenters. The van der Waals surface area contributed by atoms with Crippen LogP contribution in [0.15, 0.2) is 24.7 Å². The number of likely N-dealkylation sites (tertiary alicyclic amines) is 1. The second kappa shape index (κ2) is 7.49. The van der Waals surface area contributed by atoms with E-state index in [1.165, 1.54) is 11.3 Å². The molecule has 140 valence electrons. The second-order valence-corrected chi connectivity index (χ2v) is 7.33. The molecule has 8 nitrogen and oxygen atoms in total. The van der Waals surface area contributed by atoms with Crippen LogP contribution in [-0.2, 0) is 20.1 Å². The average Bonchev–Trinajstić information content (AvgIpc) is 3.36. The third-order valence-corrected chi connectivity index (χ3v) is 5.26. The predicted molar refractivity (Wildman–Crippen MR) is 97.4 cm³/mol. The summed E-state index contributed by atoms with van der Waals surface area (Å²) >= 11 is 0. The summed E-state index contributed by atoms with van der Waals surface area (Å²) in [5.74, 6) is 0. The quantitative estimate of drug-likeness (QED) is 0.877. The van der Waals surface area contributed by atoms with Crippen molar-refractivity contribution < 1.29 is 4.79 Å². The van der Waals surface area contributed by atoms with Crippen LogP contribution in [0.5, 0.6) is 0 Å². The number of fused-ring (bicyclic) bond motifs is 1. The Kier molecular flexibility index (Phi) is 4.92. The highest BCUT2D eigenvalue weighted by Crippen LogP contribution is 2.24. The van der Waals surface area contributed by atoms with E-state index in [0.29, 0.717) is 6.54 Å². The molecule has 4 heterocycles. The van der Waals surface area contributed by atoms with Crippen molar-refractivity contribution >= 4 is 6.03 Å². The molecule has 1 saturated heterocycles. The molecule has 1 fully saturated rings. The van der Waals surface area contributed by atoms with E-state index in [0.717, 1.165) is 52.0 Å². The smallest absolute Gasteiger partial charge is 0.317 e. The monoisotopic (exact) mass is 357 g/mol. The van der Waals surface area contributed by atoms with Gasteiger partial charge in [-0.1, -0.05) is 0 Å². The SMILES string of the molecule is Cn1cc(CN2Cc3ccnn3[C@H](CCNC(=O)N3CCCC3)C2)cn1. The van der Waals surface area contributed by atoms with Crippen LogP contribution in [0.3, 0.4) is 0 Å². The van der Waals surface area contributed by atoms with Gasteiger partial charge >= 0.3 is 6.03 Å². The fourth-order valence-corrected chi connectivity index (χ4v) is 3.99. The zero-order chi connectivity index (χ0) is 17.9. The lowest BCUT2D eigenvalue weighted by Gasteiger charge is -2.33. The van der Waals surface area contributed by atoms with Crippen molar-refractivity contribution in [3.05, 3.63) is 35.9 Å². The molecule has 4 rings (SSSR count). The number of aromatic nitrogens is 4. The molecule has 8 heteroatoms. The fraction of sp³-hybridized carbons (Fsp3) is 0.611. The fourth-order valence-electron chi connectivity index (χ4n) is 3.99. The molecule has 1 N–H and O–H groups in total. The van der Waals surface area contributed by atoms with Gasteiger partial charge in [-0.15, -0.1) is 0 Å². The summed E-state index contributed by atoms with van der Waals surface area (Å²) in [6.45, 7) is 5.17. The third kappa shape index (κ3) is 3.75. The highest BCUT2D eigenvalue weighted by Gasteiger charge is 2.26. The number of hydrogen-bond donors (Lipinski definition) is 1. The normalized spacial score (nSPS) is 20.3. The standard InChI is InChI=1S/C18H27N7O/c1-22-11-15(10-21-22)12-23-13-16(25-17(14-23)5-7-20-25)4-6-19-18(26)24-8-2-3-9-24/h5,7,10-11,16H,2-4,6,8-9,12-14H2,1H3,(H,19,26)/t16-/m1/s1. The van der Waals surface area contributed by atoms with E-state index >= 15 is 0 Å². The summed E-state index contributed by atoms with van der Waals surface area (Å²) in [4.78, 5) is 16.5. The van der Waals surface area contributed by atoms with E-state index in [2.05, 4.69) is 37.4 Å². The minimum absolute atomic E-state index is 0.0752. The summed E-state index contributed by atoms with van der Waals surface area (Å²) in [6, 6.07) is 2.45. The average molecular weight is 357 g/mol. The van der Waals surface area contributed by atoms with Gasteiger partial charge in [-0.25, -0.2) is 4.79 Å². The Morgan fingerprint density at radius 1 is 1.31 bits per heavy atom. The van der Waals surface area contributed by atoms with Crippen LogP contribution in [0.25, 0.3) is 0 Å². The Morgan fingerprint density at radius 3 is 2.92 bits per heavy atom. The third-order valence-electron chi connectivity index (χ3n) is 5.26. The molecule has 0 aromatic carbocycles. The highest BCUT2D eigenvalue weighted by molar-refractivity contribution is 5.74. The van der Waals surface area contributed by atoms with E-state index in [9.17, 15) is 4.79 Å². The van der Waals surface area contributed by atoms with Crippen molar-refractivity contribution in [1.82, 2.24) is 34.7 Å². The predicted octanol–water partition coefficient (Wildman–Crippen LogP) is 1.37. The maximum atomic E-state index is 12.2. The van der Waals surface area contributed by atoms with Gasteiger partial charge in [0.25, 0.3) is 0 Å². The topological polar surface area (TPSA) is 71.2 Å². The van der Waals surface area contributed by atoms with Gasteiger partial charge in [0.2, 0.25) is 0 Å². The molecular formula is C18H27N7O. The summed E-state index contributed by atoms with van der Waals surface area (Å²) < 4.78 is 3.97. The molecule has 0 unspecified atom stereocenters. The summed E-state index contributed by atoms with van der Waals surface area (Å²) in [6.07, 6.45) is 9.00. The number of rotatable bonds is 5. The lowest BCUT2D eigenvalue weighted by molar-refractivity contribution is 0.160. The number of aryl methyl sites for hydroxylation is 1. The van der Waals surface area contributed by atoms with Gasteiger partial charge in [0, 0.05) is 64.3 Å². The molecule has 2 aliphatic rings. The zero-order valence-corrected chi connectivity index (χ0v) is 15.3. The van der Waals surface area contributed by atoms with E-state index in [1.807, 2.05) is 29.0 Å². The first-order valence-corrected chi connectivity index (χ1v) is 9.44. The number of urea groups is 1. The Hall–Kier alpha value is -2.35. The molecule has 0 radical (unpaired) electrons. The highest BCUT2D eigenvalue weighted by atomic mass is 16.2. The van der Waals surface area contributed by atoms with Crippen molar-refractivity contribution in [2.45, 2.75) is 38.4 Å². The number of nitrogens with one attached hydrogen (secondary N) is 1. The zero-order valence-electron chi connectivity index (χ0n) is 15.3. The molecular weight excluding hydrogens is 330 g/mol. The van der Waals surface area contributed by atoms with Crippen LogP contribution in [-0.4, -0.2) is 61.6 Å². The number of amides is 2. The van der Waals surface area contributed by atoms with E-state index in [4.69, 9.17) is 0 Å². The van der Waals surface area contributed by atoms with E-state index in [-0.39, 0.29) is 12.1 Å². The largest absolute Gasteiger partial charge is 0.338 e. The van der Waals surface area contributed by atoms with Gasteiger partial charge in [-0.2, -0.15) is 10.2 Å². The first kappa shape index (κ1) is 17.1. The number of carbonyl (C=O) groups is 1. The van der Waals surface area contributed by atoms with Crippen molar-refractivity contribution in [2.24, 2.45) is 7.05 Å². The Labute approximate surface area is 153 Å². The molecule has 0 spiro atoms. The van der Waals surface area contributed by atoms with Crippen molar-refractivity contribution in [1.29, 1.82) is 0 Å². The van der Waals surface area contributed by atoms with Crippen molar-refractivity contribution in [3.63, 3.8) is 0 Å². The van der Waals surface area contributed by atoms with E-state index in [1.54, 1.807) is 0 Å². The van der Waals surface area contributed by atoms with Crippen LogP contribution in [0.2, 0.25) is 0 Å². The molecule has 2 amide bonds. The van der Waals surface area contributed by atoms with Gasteiger partial charge in [0.1, 0.15) is 0 Å². The van der Waals surface area contributed by atoms with Gasteiger partial charge in [-0.3, -0.25) is 14.3 Å². The number of nitrogens with zero attached hydrogens (tertiary/aromatic N) is 6. The number of hydrogen-bond acceptors (Lipinski definition) is 4. The Bertz CT molecular complexity index is 746. The molecule has 0 bridgehead atoms. The van der Waals surface area contributed by atoms with Gasteiger partial charge < -0.3 is 10.2 Å². The van der Waals surface area contributed by atoms with E-state index < -0.39 is 0 Å². The maximum absolute atomic E-state index is 12.2. The number of carbonyl (C=O) groups excluding carboxylic acids is 1. The van der Waals surface area contributed by atoms with Crippen molar-refractivity contribution in [2.75, 3.05) is 26.2 Å². The molecule has 2 aromatic rings. The first-order chi connectivity index (χ1) is 12.7. The van der Waals surface area contributed by atoms with Crippen LogP contribution < -0.4 is 5.32 Å². The molecule has 26 heavy (non-hydrogen) atoms. The van der Waals surface area contributed by atoms with Crippen LogP contribution in [0.4, 0.5) is 4.79 Å². The molecule has 2 aromatic heterocycles. The van der Waals surface area contributed by atoms with Crippen LogP contribution >= 0.6 is 0 Å². The first-order valence-electron chi connectivity index (χ1n) is 9.44. The van der Waals surface area contributed by atoms with Crippen LogP contribution in [0, 0.1) is 0 Å². The molecule has 0 aliphatic carbocycles. The summed E-state index contributed by atoms with van der Waals surface area (Å²) in [7, 11) is 1.95. The minimum Gasteiger partial charge on any atom is -0.338 e. The molecule has 2 aliphatic heterocycles. The summed E-state index contributed by atoms with van der Waals surface area (Å²) in [5.41, 5.74) is 2.46. The van der Waals surface area contributed by atoms with Gasteiger partial charge in [0.05, 0.1) is 17.9 Å². The van der Waals surface area contributed by atoms with Gasteiger partial charge in [0.15, 0.2) is 0 Å². The lowest BCUT2D eigenvalue weighted by Crippen LogP contribution is -2.41. The second-order valence-electron chi connectivity index (χ2n) is 7.33. The Morgan fingerprint density at radius 2 is 2.15 bits per heavy atom. The van der Waals surface area contributed by atoms with Gasteiger partial charge in [-0.05, 0) is 25.3 Å². The Balaban J connectivity index is 1.34. The minimum atomic E-state index is 0.0752. The van der Waals surface area contributed by atoms with Crippen molar-refractivity contribution in [3.8, 4) is 0 Å². The molecule has 0 saturated carbocycles. The maximum Gasteiger partial charge on any atom is 0.317 e. The summed E-state index contributed by atoms with van der Waals surface area (Å²) in [5, 5.41) is 11.8.